The minimum atomic E-state index is -3.15. The molecule has 1 atom stereocenters. The van der Waals surface area contributed by atoms with E-state index < -0.39 is 10.2 Å². The number of rotatable bonds is 2. The fraction of sp³-hybridized carbons (Fsp3) is 1.00. The molecule has 11 heavy (non-hydrogen) atoms. The van der Waals surface area contributed by atoms with Crippen LogP contribution < -0.4 is 4.72 Å². The molecule has 5 heteroatoms. The summed E-state index contributed by atoms with van der Waals surface area (Å²) < 4.78 is 26.1. The minimum absolute atomic E-state index is 0.498. The van der Waals surface area contributed by atoms with Gasteiger partial charge in [0.05, 0.1) is 0 Å². The molecular formula is C6H14N2O2S. The highest BCUT2D eigenvalue weighted by Crippen LogP contribution is 2.16. The molecule has 0 bridgehead atoms. The van der Waals surface area contributed by atoms with Crippen LogP contribution in [0.1, 0.15) is 13.3 Å². The first-order valence-electron chi connectivity index (χ1n) is 3.75. The normalized spacial score (nSPS) is 27.6. The molecule has 0 aromatic carbocycles. The Morgan fingerprint density at radius 3 is 2.55 bits per heavy atom. The molecular weight excluding hydrogens is 164 g/mol. The first-order valence-corrected chi connectivity index (χ1v) is 5.19. The quantitative estimate of drug-likeness (QED) is 0.636. The van der Waals surface area contributed by atoms with E-state index in [-0.39, 0.29) is 0 Å². The zero-order valence-electron chi connectivity index (χ0n) is 6.87. The van der Waals surface area contributed by atoms with Crippen molar-refractivity contribution in [1.82, 2.24) is 9.03 Å². The molecule has 1 N–H and O–H groups in total. The van der Waals surface area contributed by atoms with E-state index in [2.05, 4.69) is 11.6 Å². The molecule has 1 heterocycles. The van der Waals surface area contributed by atoms with Crippen LogP contribution in [0.2, 0.25) is 0 Å². The van der Waals surface area contributed by atoms with Gasteiger partial charge in [-0.3, -0.25) is 0 Å². The monoisotopic (exact) mass is 178 g/mol. The van der Waals surface area contributed by atoms with Crippen molar-refractivity contribution < 1.29 is 8.42 Å². The van der Waals surface area contributed by atoms with Gasteiger partial charge in [-0.1, -0.05) is 6.92 Å². The van der Waals surface area contributed by atoms with Gasteiger partial charge in [-0.05, 0) is 12.3 Å². The van der Waals surface area contributed by atoms with Crippen LogP contribution in [0.4, 0.5) is 0 Å². The van der Waals surface area contributed by atoms with Gasteiger partial charge in [0.15, 0.2) is 0 Å². The first kappa shape index (κ1) is 8.96. The maximum atomic E-state index is 11.2. The Labute approximate surface area is 67.8 Å². The van der Waals surface area contributed by atoms with Gasteiger partial charge in [0, 0.05) is 20.1 Å². The summed E-state index contributed by atoms with van der Waals surface area (Å²) >= 11 is 0. The van der Waals surface area contributed by atoms with Crippen molar-refractivity contribution in [1.29, 1.82) is 0 Å². The lowest BCUT2D eigenvalue weighted by Gasteiger charge is -2.13. The van der Waals surface area contributed by atoms with E-state index in [0.29, 0.717) is 19.0 Å². The molecule has 0 amide bonds. The van der Waals surface area contributed by atoms with Crippen molar-refractivity contribution in [2.75, 3.05) is 20.1 Å². The van der Waals surface area contributed by atoms with E-state index in [1.165, 1.54) is 11.4 Å². The predicted molar refractivity (Wildman–Crippen MR) is 43.3 cm³/mol. The van der Waals surface area contributed by atoms with Gasteiger partial charge >= 0.3 is 0 Å². The summed E-state index contributed by atoms with van der Waals surface area (Å²) in [6.07, 6.45) is 0.973. The van der Waals surface area contributed by atoms with Crippen LogP contribution in [-0.2, 0) is 10.2 Å². The minimum Gasteiger partial charge on any atom is -0.205 e. The largest absolute Gasteiger partial charge is 0.279 e. The molecule has 0 spiro atoms. The van der Waals surface area contributed by atoms with Gasteiger partial charge in [-0.25, -0.2) is 4.72 Å². The third-order valence-electron chi connectivity index (χ3n) is 1.98. The molecule has 1 aliphatic rings. The molecule has 1 unspecified atom stereocenters. The second-order valence-corrected chi connectivity index (χ2v) is 4.84. The summed E-state index contributed by atoms with van der Waals surface area (Å²) in [7, 11) is -1.70. The maximum Gasteiger partial charge on any atom is 0.279 e. The first-order chi connectivity index (χ1) is 5.06. The fourth-order valence-corrected chi connectivity index (χ4v) is 2.30. The molecule has 66 valence electrons. The number of hydrogen-bond acceptors (Lipinski definition) is 2. The summed E-state index contributed by atoms with van der Waals surface area (Å²) in [5.74, 6) is 0.498. The number of hydrogen-bond donors (Lipinski definition) is 1. The smallest absolute Gasteiger partial charge is 0.205 e. The summed E-state index contributed by atoms with van der Waals surface area (Å²) in [4.78, 5) is 0. The van der Waals surface area contributed by atoms with E-state index in [9.17, 15) is 8.42 Å². The molecule has 1 rings (SSSR count). The average molecular weight is 178 g/mol. The summed E-state index contributed by atoms with van der Waals surface area (Å²) in [5, 5.41) is 0. The van der Waals surface area contributed by atoms with Crippen molar-refractivity contribution >= 4 is 10.2 Å². The van der Waals surface area contributed by atoms with Gasteiger partial charge in [-0.15, -0.1) is 0 Å². The molecule has 0 saturated carbocycles. The van der Waals surface area contributed by atoms with E-state index in [4.69, 9.17) is 0 Å². The second kappa shape index (κ2) is 3.08. The lowest BCUT2D eigenvalue weighted by molar-refractivity contribution is 0.457. The van der Waals surface area contributed by atoms with E-state index in [1.807, 2.05) is 0 Å². The fourth-order valence-electron chi connectivity index (χ4n) is 1.24. The third-order valence-corrected chi connectivity index (χ3v) is 3.51. The summed E-state index contributed by atoms with van der Waals surface area (Å²) in [5.41, 5.74) is 0. The van der Waals surface area contributed by atoms with Gasteiger partial charge in [0.1, 0.15) is 0 Å². The molecule has 1 fully saturated rings. The Bertz CT molecular complexity index is 225. The highest BCUT2D eigenvalue weighted by molar-refractivity contribution is 7.87. The molecule has 0 aliphatic carbocycles. The highest BCUT2D eigenvalue weighted by Gasteiger charge is 2.27. The number of nitrogens with zero attached hydrogens (tertiary/aromatic N) is 1. The Morgan fingerprint density at radius 2 is 2.18 bits per heavy atom. The van der Waals surface area contributed by atoms with E-state index in [0.717, 1.165) is 6.42 Å². The van der Waals surface area contributed by atoms with E-state index in [1.54, 1.807) is 0 Å². The molecule has 1 saturated heterocycles. The zero-order valence-corrected chi connectivity index (χ0v) is 7.69. The lowest BCUT2D eigenvalue weighted by Crippen LogP contribution is -2.37. The number of nitrogens with one attached hydrogen (secondary N) is 1. The van der Waals surface area contributed by atoms with Crippen LogP contribution in [0.3, 0.4) is 0 Å². The van der Waals surface area contributed by atoms with Crippen molar-refractivity contribution in [2.45, 2.75) is 13.3 Å². The maximum absolute atomic E-state index is 11.2. The van der Waals surface area contributed by atoms with Gasteiger partial charge in [0.2, 0.25) is 0 Å². The predicted octanol–water partition coefficient (Wildman–Crippen LogP) is -0.208. The Hall–Kier alpha value is -0.130. The van der Waals surface area contributed by atoms with Crippen LogP contribution in [-0.4, -0.2) is 32.9 Å². The van der Waals surface area contributed by atoms with Crippen molar-refractivity contribution in [3.05, 3.63) is 0 Å². The Balaban J connectivity index is 2.64. The van der Waals surface area contributed by atoms with Crippen LogP contribution in [0.15, 0.2) is 0 Å². The Kier molecular flexibility index (Phi) is 2.51. The van der Waals surface area contributed by atoms with Crippen LogP contribution in [0.25, 0.3) is 0 Å². The van der Waals surface area contributed by atoms with Crippen molar-refractivity contribution in [3.8, 4) is 0 Å². The molecule has 4 nitrogen and oxygen atoms in total. The topological polar surface area (TPSA) is 49.4 Å². The van der Waals surface area contributed by atoms with Gasteiger partial charge in [0.25, 0.3) is 10.2 Å². The van der Waals surface area contributed by atoms with Crippen LogP contribution in [0.5, 0.6) is 0 Å². The van der Waals surface area contributed by atoms with Gasteiger partial charge in [-0.2, -0.15) is 12.7 Å². The summed E-state index contributed by atoms with van der Waals surface area (Å²) in [6, 6.07) is 0. The standard InChI is InChI=1S/C6H14N2O2S/c1-6-3-4-8(5-6)11(9,10)7-2/h6-7H,3-5H2,1-2H3. The highest BCUT2D eigenvalue weighted by atomic mass is 32.2. The third kappa shape index (κ3) is 1.91. The van der Waals surface area contributed by atoms with E-state index >= 15 is 0 Å². The molecule has 0 aromatic rings. The van der Waals surface area contributed by atoms with Crippen molar-refractivity contribution in [3.63, 3.8) is 0 Å². The molecule has 1 aliphatic heterocycles. The SMILES string of the molecule is CNS(=O)(=O)N1CCC(C)C1. The lowest BCUT2D eigenvalue weighted by atomic mass is 10.2. The second-order valence-electron chi connectivity index (χ2n) is 2.96. The van der Waals surface area contributed by atoms with Crippen molar-refractivity contribution in [2.24, 2.45) is 5.92 Å². The molecule has 0 radical (unpaired) electrons. The average Bonchev–Trinajstić information content (AvgIpc) is 2.36. The Morgan fingerprint density at radius 1 is 1.55 bits per heavy atom. The summed E-state index contributed by atoms with van der Waals surface area (Å²) in [6.45, 7) is 3.37. The van der Waals surface area contributed by atoms with Crippen LogP contribution >= 0.6 is 0 Å². The van der Waals surface area contributed by atoms with Gasteiger partial charge < -0.3 is 0 Å². The zero-order chi connectivity index (χ0) is 8.48. The van der Waals surface area contributed by atoms with Crippen LogP contribution in [0, 0.1) is 5.92 Å². The molecule has 0 aromatic heterocycles.